The molecule has 2 heterocycles. The summed E-state index contributed by atoms with van der Waals surface area (Å²) < 4.78 is 0. The van der Waals surface area contributed by atoms with Crippen LogP contribution in [0.1, 0.15) is 104 Å². The first-order valence-corrected chi connectivity index (χ1v) is 23.2. The number of nitrogens with zero attached hydrogens (tertiary/aromatic N) is 1. The minimum atomic E-state index is -0.523. The van der Waals surface area contributed by atoms with E-state index < -0.39 is 5.41 Å². The van der Waals surface area contributed by atoms with Gasteiger partial charge in [0.1, 0.15) is 0 Å². The number of fused-ring (bicyclic) bond motifs is 8. The predicted molar refractivity (Wildman–Crippen MR) is 271 cm³/mol. The van der Waals surface area contributed by atoms with Gasteiger partial charge in [-0.2, -0.15) is 0 Å². The Morgan fingerprint density at radius 3 is 1.88 bits per heavy atom. The summed E-state index contributed by atoms with van der Waals surface area (Å²) in [5.41, 5.74) is 25.2. The Bertz CT molecular complexity index is 3170. The number of nitrogens with one attached hydrogen (secondary N) is 1. The molecule has 0 unspecified atom stereocenters. The zero-order valence-corrected chi connectivity index (χ0v) is 38.1. The molecule has 0 bridgehead atoms. The van der Waals surface area contributed by atoms with Crippen molar-refractivity contribution in [1.82, 2.24) is 0 Å². The Balaban J connectivity index is 1.12. The third-order valence-electron chi connectivity index (χ3n) is 15.6. The first-order chi connectivity index (χ1) is 30.9. The van der Waals surface area contributed by atoms with Crippen LogP contribution in [-0.4, -0.2) is 7.28 Å². The van der Waals surface area contributed by atoms with Gasteiger partial charge in [0.15, 0.2) is 7.28 Å². The van der Waals surface area contributed by atoms with E-state index in [1.807, 2.05) is 0 Å². The highest BCUT2D eigenvalue weighted by molar-refractivity contribution is 6.73. The average molecular weight is 826 g/mol. The van der Waals surface area contributed by atoms with Crippen molar-refractivity contribution in [3.05, 3.63) is 220 Å². The quantitative estimate of drug-likeness (QED) is 0.174. The van der Waals surface area contributed by atoms with Crippen molar-refractivity contribution in [1.29, 1.82) is 0 Å². The molecule has 12 rings (SSSR count). The van der Waals surface area contributed by atoms with Crippen LogP contribution < -0.4 is 21.1 Å². The van der Waals surface area contributed by atoms with Gasteiger partial charge in [0.2, 0.25) is 0 Å². The van der Waals surface area contributed by atoms with Crippen molar-refractivity contribution in [3.63, 3.8) is 0 Å². The fraction of sp³-hybridized carbons (Fsp3) is 0.213. The molecule has 64 heavy (non-hydrogen) atoms. The maximum Gasteiger partial charge on any atom is 0.197 e. The highest BCUT2D eigenvalue weighted by Crippen LogP contribution is 2.59. The van der Waals surface area contributed by atoms with Crippen LogP contribution in [0.4, 0.5) is 28.4 Å². The summed E-state index contributed by atoms with van der Waals surface area (Å²) in [6, 6.07) is 64.3. The molecule has 311 valence electrons. The second kappa shape index (κ2) is 13.7. The summed E-state index contributed by atoms with van der Waals surface area (Å²) in [7, 11) is 2.50. The normalized spacial score (nSPS) is 17.1. The summed E-state index contributed by atoms with van der Waals surface area (Å²) in [5.74, 6) is 0. The van der Waals surface area contributed by atoms with Crippen LogP contribution in [0.15, 0.2) is 170 Å². The fourth-order valence-electron chi connectivity index (χ4n) is 12.5. The fourth-order valence-corrected chi connectivity index (χ4v) is 12.5. The molecule has 8 aromatic rings. The maximum atomic E-state index is 4.11. The molecule has 0 spiro atoms. The Morgan fingerprint density at radius 1 is 0.500 bits per heavy atom. The summed E-state index contributed by atoms with van der Waals surface area (Å²) in [6.07, 6.45) is 2.38. The summed E-state index contributed by atoms with van der Waals surface area (Å²) >= 11 is 0. The molecule has 0 saturated heterocycles. The second-order valence-corrected chi connectivity index (χ2v) is 20.7. The van der Waals surface area contributed by atoms with Crippen molar-refractivity contribution in [3.8, 4) is 22.3 Å². The molecule has 2 nitrogen and oxygen atoms in total. The molecule has 1 N–H and O–H groups in total. The van der Waals surface area contributed by atoms with Gasteiger partial charge in [-0.15, -0.1) is 0 Å². The van der Waals surface area contributed by atoms with E-state index in [-0.39, 0.29) is 16.2 Å². The topological polar surface area (TPSA) is 15.3 Å². The molecule has 0 atom stereocenters. The smallest absolute Gasteiger partial charge is 0.197 e. The third kappa shape index (κ3) is 5.40. The molecular weight excluding hydrogens is 771 g/mol. The molecule has 3 heteroatoms. The highest BCUT2D eigenvalue weighted by atomic mass is 15.2. The molecule has 8 aromatic carbocycles. The van der Waals surface area contributed by atoms with E-state index in [1.54, 1.807) is 0 Å². The minimum Gasteiger partial charge on any atom is -0.355 e. The highest BCUT2D eigenvalue weighted by Gasteiger charge is 2.49. The lowest BCUT2D eigenvalue weighted by Gasteiger charge is -2.49. The molecule has 0 fully saturated rings. The number of benzene rings is 8. The number of para-hydroxylation sites is 2. The van der Waals surface area contributed by atoms with Gasteiger partial charge in [0.05, 0.1) is 11.1 Å². The van der Waals surface area contributed by atoms with E-state index in [9.17, 15) is 0 Å². The summed E-state index contributed by atoms with van der Waals surface area (Å²) in [6.45, 7) is 16.8. The zero-order valence-electron chi connectivity index (χ0n) is 38.1. The lowest BCUT2D eigenvalue weighted by molar-refractivity contribution is 0.332. The van der Waals surface area contributed by atoms with Gasteiger partial charge in [-0.05, 0) is 133 Å². The van der Waals surface area contributed by atoms with Gasteiger partial charge in [-0.3, -0.25) is 0 Å². The van der Waals surface area contributed by atoms with Gasteiger partial charge in [0.25, 0.3) is 0 Å². The van der Waals surface area contributed by atoms with Crippen molar-refractivity contribution in [2.24, 2.45) is 0 Å². The number of hydrogen-bond acceptors (Lipinski definition) is 2. The Hall–Kier alpha value is -6.58. The molecule has 4 aliphatic rings. The standard InChI is InChI=1S/C61H54BN2/c1-38-35-44(54-51(32-30-43-42-23-14-15-24-45(42)60(6,7)55(43)54)63-41-29-31-46-49(37-41)59(4,5)34-33-58(46,2)3)56-53(36-38)64-52-28-17-16-25-47(52)61(39-19-10-8-11-20-39,40-21-12-9-13-22-40)48-26-18-27-50(62-56)57(48)64/h8-32,35-37,63H,33-34H2,1-7H3. The average Bonchev–Trinajstić information content (AvgIpc) is 3.54. The van der Waals surface area contributed by atoms with Gasteiger partial charge in [-0.1, -0.05) is 187 Å². The Kier molecular flexibility index (Phi) is 8.37. The molecule has 0 amide bonds. The summed E-state index contributed by atoms with van der Waals surface area (Å²) in [5, 5.41) is 4.11. The van der Waals surface area contributed by atoms with Crippen molar-refractivity contribution in [2.75, 3.05) is 10.2 Å². The Morgan fingerprint density at radius 2 is 1.14 bits per heavy atom. The number of rotatable bonds is 5. The summed E-state index contributed by atoms with van der Waals surface area (Å²) in [4.78, 5) is 2.60. The van der Waals surface area contributed by atoms with Crippen molar-refractivity contribution < 1.29 is 0 Å². The van der Waals surface area contributed by atoms with E-state index in [0.717, 1.165) is 11.4 Å². The molecule has 2 aliphatic heterocycles. The number of anilines is 5. The predicted octanol–water partition coefficient (Wildman–Crippen LogP) is 14.2. The van der Waals surface area contributed by atoms with Gasteiger partial charge in [-0.25, -0.2) is 0 Å². The van der Waals surface area contributed by atoms with Crippen LogP contribution in [0.25, 0.3) is 22.3 Å². The van der Waals surface area contributed by atoms with Crippen LogP contribution in [0.5, 0.6) is 0 Å². The lowest BCUT2D eigenvalue weighted by Crippen LogP contribution is -2.47. The first-order valence-electron chi connectivity index (χ1n) is 23.2. The van der Waals surface area contributed by atoms with E-state index in [4.69, 9.17) is 0 Å². The molecule has 2 aliphatic carbocycles. The van der Waals surface area contributed by atoms with E-state index in [2.05, 4.69) is 236 Å². The minimum absolute atomic E-state index is 0.104. The van der Waals surface area contributed by atoms with Crippen LogP contribution in [0.3, 0.4) is 0 Å². The SMILES string of the molecule is Cc1cc(-c2c(Nc3ccc4c(c3)C(C)(C)CCC4(C)C)ccc3c2C(C)(C)c2ccccc2-3)c2c(c1)N1c3ccccc3C(c3ccccc3)(c3ccccc3)c3cccc(c31)[B]2. The Labute approximate surface area is 380 Å². The molecular formula is C61H54BN2. The van der Waals surface area contributed by atoms with E-state index in [1.165, 1.54) is 113 Å². The van der Waals surface area contributed by atoms with Crippen LogP contribution in [0.2, 0.25) is 0 Å². The maximum absolute atomic E-state index is 4.11. The van der Waals surface area contributed by atoms with Gasteiger partial charge < -0.3 is 10.2 Å². The number of aryl methyl sites for hydroxylation is 1. The third-order valence-corrected chi connectivity index (χ3v) is 15.6. The second-order valence-electron chi connectivity index (χ2n) is 20.7. The van der Waals surface area contributed by atoms with Crippen LogP contribution in [-0.2, 0) is 21.7 Å². The molecule has 0 saturated carbocycles. The van der Waals surface area contributed by atoms with E-state index >= 15 is 0 Å². The van der Waals surface area contributed by atoms with Crippen molar-refractivity contribution in [2.45, 2.75) is 83.0 Å². The zero-order chi connectivity index (χ0) is 43.8. The van der Waals surface area contributed by atoms with Crippen molar-refractivity contribution >= 4 is 46.6 Å². The first kappa shape index (κ1) is 39.0. The van der Waals surface area contributed by atoms with Crippen LogP contribution >= 0.6 is 0 Å². The monoisotopic (exact) mass is 825 g/mol. The van der Waals surface area contributed by atoms with Crippen LogP contribution in [0, 0.1) is 6.92 Å². The molecule has 0 aromatic heterocycles. The van der Waals surface area contributed by atoms with Gasteiger partial charge >= 0.3 is 0 Å². The van der Waals surface area contributed by atoms with Gasteiger partial charge in [0, 0.05) is 33.7 Å². The molecule has 1 radical (unpaired) electrons. The largest absolute Gasteiger partial charge is 0.355 e. The number of hydrogen-bond donors (Lipinski definition) is 1. The lowest BCUT2D eigenvalue weighted by atomic mass is 9.54. The van der Waals surface area contributed by atoms with E-state index in [0.29, 0.717) is 0 Å².